The first-order valence-corrected chi connectivity index (χ1v) is 6.10. The number of aryl methyl sites for hydroxylation is 1. The van der Waals surface area contributed by atoms with Crippen LogP contribution in [0.25, 0.3) is 10.6 Å². The monoisotopic (exact) mass is 298 g/mol. The van der Waals surface area contributed by atoms with Crippen LogP contribution < -0.4 is 0 Å². The number of hydrogen-bond acceptors (Lipinski definition) is 4. The summed E-state index contributed by atoms with van der Waals surface area (Å²) in [4.78, 5) is 15.4. The summed E-state index contributed by atoms with van der Waals surface area (Å²) in [6, 6.07) is 3.37. The average molecular weight is 299 g/mol. The van der Waals surface area contributed by atoms with Crippen LogP contribution >= 0.6 is 27.3 Å². The third-order valence-corrected chi connectivity index (χ3v) is 3.48. The van der Waals surface area contributed by atoms with Crippen LogP contribution in [0.15, 0.2) is 28.2 Å². The SMILES string of the molecule is Cc1csc(-c2ncc(Br)cc2[N+](=O)[O-])c1. The lowest BCUT2D eigenvalue weighted by molar-refractivity contribution is -0.384. The topological polar surface area (TPSA) is 56.0 Å². The van der Waals surface area contributed by atoms with Gasteiger partial charge in [0, 0.05) is 16.7 Å². The van der Waals surface area contributed by atoms with Gasteiger partial charge in [-0.1, -0.05) is 0 Å². The van der Waals surface area contributed by atoms with Crippen molar-refractivity contribution in [3.8, 4) is 10.6 Å². The molecule has 16 heavy (non-hydrogen) atoms. The summed E-state index contributed by atoms with van der Waals surface area (Å²) in [6.45, 7) is 1.95. The number of halogens is 1. The second-order valence-electron chi connectivity index (χ2n) is 3.27. The molecule has 0 aliphatic carbocycles. The molecule has 0 aliphatic rings. The van der Waals surface area contributed by atoms with Crippen LogP contribution in [0.5, 0.6) is 0 Å². The predicted molar refractivity (Wildman–Crippen MR) is 66.6 cm³/mol. The Morgan fingerprint density at radius 2 is 2.25 bits per heavy atom. The predicted octanol–water partition coefficient (Wildman–Crippen LogP) is 3.79. The quantitative estimate of drug-likeness (QED) is 0.626. The van der Waals surface area contributed by atoms with Gasteiger partial charge < -0.3 is 0 Å². The lowest BCUT2D eigenvalue weighted by atomic mass is 10.2. The highest BCUT2D eigenvalue weighted by atomic mass is 79.9. The van der Waals surface area contributed by atoms with Crippen molar-refractivity contribution >= 4 is 33.0 Å². The van der Waals surface area contributed by atoms with Gasteiger partial charge in [0.1, 0.15) is 0 Å². The number of aromatic nitrogens is 1. The van der Waals surface area contributed by atoms with Gasteiger partial charge in [-0.3, -0.25) is 10.1 Å². The van der Waals surface area contributed by atoms with Crippen molar-refractivity contribution < 1.29 is 4.92 Å². The maximum atomic E-state index is 10.9. The van der Waals surface area contributed by atoms with Gasteiger partial charge in [-0.2, -0.15) is 0 Å². The van der Waals surface area contributed by atoms with Crippen LogP contribution in [0.2, 0.25) is 0 Å². The third kappa shape index (κ3) is 2.12. The molecule has 0 saturated heterocycles. The summed E-state index contributed by atoms with van der Waals surface area (Å²) >= 11 is 4.64. The molecule has 2 heterocycles. The van der Waals surface area contributed by atoms with Crippen molar-refractivity contribution in [2.45, 2.75) is 6.92 Å². The van der Waals surface area contributed by atoms with E-state index in [1.165, 1.54) is 17.4 Å². The smallest absolute Gasteiger partial charge is 0.258 e. The van der Waals surface area contributed by atoms with E-state index in [1.54, 1.807) is 6.20 Å². The first-order valence-electron chi connectivity index (χ1n) is 4.43. The van der Waals surface area contributed by atoms with E-state index in [0.717, 1.165) is 10.4 Å². The van der Waals surface area contributed by atoms with E-state index in [4.69, 9.17) is 0 Å². The lowest BCUT2D eigenvalue weighted by Crippen LogP contribution is -1.93. The Bertz CT molecular complexity index is 554. The molecule has 0 amide bonds. The second-order valence-corrected chi connectivity index (χ2v) is 5.09. The molecule has 2 aromatic rings. The highest BCUT2D eigenvalue weighted by Crippen LogP contribution is 2.33. The minimum Gasteiger partial charge on any atom is -0.258 e. The fraction of sp³-hybridized carbons (Fsp3) is 0.100. The van der Waals surface area contributed by atoms with Gasteiger partial charge in [0.25, 0.3) is 5.69 Å². The van der Waals surface area contributed by atoms with E-state index in [0.29, 0.717) is 10.2 Å². The maximum absolute atomic E-state index is 10.9. The standard InChI is InChI=1S/C10H7BrN2O2S/c1-6-2-9(16-5-6)10-8(13(14)15)3-7(11)4-12-10/h2-5H,1H3. The molecule has 82 valence electrons. The number of nitro groups is 1. The molecule has 2 aromatic heterocycles. The zero-order valence-electron chi connectivity index (χ0n) is 8.31. The molecule has 2 rings (SSSR count). The van der Waals surface area contributed by atoms with Crippen molar-refractivity contribution in [1.82, 2.24) is 4.98 Å². The highest BCUT2D eigenvalue weighted by molar-refractivity contribution is 9.10. The molecule has 4 nitrogen and oxygen atoms in total. The Morgan fingerprint density at radius 1 is 1.50 bits per heavy atom. The summed E-state index contributed by atoms with van der Waals surface area (Å²) in [7, 11) is 0. The molecule has 0 bridgehead atoms. The zero-order chi connectivity index (χ0) is 11.7. The first kappa shape index (κ1) is 11.2. The van der Waals surface area contributed by atoms with Gasteiger partial charge in [-0.25, -0.2) is 4.98 Å². The molecule has 0 unspecified atom stereocenters. The van der Waals surface area contributed by atoms with Gasteiger partial charge >= 0.3 is 0 Å². The summed E-state index contributed by atoms with van der Waals surface area (Å²) in [6.07, 6.45) is 1.57. The molecule has 0 radical (unpaired) electrons. The average Bonchev–Trinajstić information content (AvgIpc) is 2.64. The fourth-order valence-electron chi connectivity index (χ4n) is 1.31. The Morgan fingerprint density at radius 3 is 2.81 bits per heavy atom. The number of nitrogens with zero attached hydrogens (tertiary/aromatic N) is 2. The Balaban J connectivity index is 2.60. The first-order chi connectivity index (χ1) is 7.58. The summed E-state index contributed by atoms with van der Waals surface area (Å²) in [5, 5.41) is 12.9. The van der Waals surface area contributed by atoms with Crippen molar-refractivity contribution in [2.24, 2.45) is 0 Å². The van der Waals surface area contributed by atoms with Crippen molar-refractivity contribution in [3.63, 3.8) is 0 Å². The van der Waals surface area contributed by atoms with Gasteiger partial charge in [0.15, 0.2) is 5.69 Å². The maximum Gasteiger partial charge on any atom is 0.297 e. The summed E-state index contributed by atoms with van der Waals surface area (Å²) < 4.78 is 0.608. The highest BCUT2D eigenvalue weighted by Gasteiger charge is 2.18. The van der Waals surface area contributed by atoms with E-state index in [-0.39, 0.29) is 5.69 Å². The molecule has 0 saturated carbocycles. The van der Waals surface area contributed by atoms with Crippen LogP contribution in [0, 0.1) is 17.0 Å². The molecule has 0 atom stereocenters. The van der Waals surface area contributed by atoms with Gasteiger partial charge in [-0.05, 0) is 39.9 Å². The molecule has 0 fully saturated rings. The van der Waals surface area contributed by atoms with Crippen LogP contribution in [-0.4, -0.2) is 9.91 Å². The normalized spacial score (nSPS) is 10.4. The van der Waals surface area contributed by atoms with Gasteiger partial charge in [0.2, 0.25) is 0 Å². The van der Waals surface area contributed by atoms with E-state index >= 15 is 0 Å². The fourth-order valence-corrected chi connectivity index (χ4v) is 2.54. The second kappa shape index (κ2) is 4.31. The summed E-state index contributed by atoms with van der Waals surface area (Å²) in [5.74, 6) is 0. The van der Waals surface area contributed by atoms with Crippen LogP contribution in [-0.2, 0) is 0 Å². The Kier molecular flexibility index (Phi) is 3.02. The number of thiophene rings is 1. The van der Waals surface area contributed by atoms with E-state index in [9.17, 15) is 10.1 Å². The van der Waals surface area contributed by atoms with Crippen LogP contribution in [0.3, 0.4) is 0 Å². The molecular weight excluding hydrogens is 292 g/mol. The molecule has 0 aliphatic heterocycles. The van der Waals surface area contributed by atoms with E-state index < -0.39 is 4.92 Å². The molecule has 0 N–H and O–H groups in total. The van der Waals surface area contributed by atoms with Crippen molar-refractivity contribution in [1.29, 1.82) is 0 Å². The zero-order valence-corrected chi connectivity index (χ0v) is 10.7. The minimum absolute atomic E-state index is 0.0243. The molecule has 6 heteroatoms. The van der Waals surface area contributed by atoms with Gasteiger partial charge in [0.05, 0.1) is 9.80 Å². The van der Waals surface area contributed by atoms with E-state index in [1.807, 2.05) is 18.4 Å². The van der Waals surface area contributed by atoms with Crippen LogP contribution in [0.4, 0.5) is 5.69 Å². The van der Waals surface area contributed by atoms with Crippen molar-refractivity contribution in [3.05, 3.63) is 43.9 Å². The number of hydrogen-bond donors (Lipinski definition) is 0. The number of pyridine rings is 1. The lowest BCUT2D eigenvalue weighted by Gasteiger charge is -1.99. The number of rotatable bonds is 2. The largest absolute Gasteiger partial charge is 0.297 e. The Hall–Kier alpha value is -1.27. The summed E-state index contributed by atoms with van der Waals surface area (Å²) in [5.41, 5.74) is 1.53. The molecular formula is C10H7BrN2O2S. The van der Waals surface area contributed by atoms with Crippen LogP contribution in [0.1, 0.15) is 5.56 Å². The molecule has 0 aromatic carbocycles. The van der Waals surface area contributed by atoms with Crippen molar-refractivity contribution in [2.75, 3.05) is 0 Å². The van der Waals surface area contributed by atoms with E-state index in [2.05, 4.69) is 20.9 Å². The minimum atomic E-state index is -0.415. The molecule has 0 spiro atoms. The Labute approximate surface area is 104 Å². The van der Waals surface area contributed by atoms with Gasteiger partial charge in [-0.15, -0.1) is 11.3 Å². The third-order valence-electron chi connectivity index (χ3n) is 1.99.